The van der Waals surface area contributed by atoms with Gasteiger partial charge in [0.1, 0.15) is 36.8 Å². The van der Waals surface area contributed by atoms with Crippen LogP contribution in [0, 0.1) is 5.92 Å². The van der Waals surface area contributed by atoms with Crippen molar-refractivity contribution in [3.63, 3.8) is 0 Å². The minimum absolute atomic E-state index is 0.0358. The third kappa shape index (κ3) is 14.2. The zero-order valence-corrected chi connectivity index (χ0v) is 42.9. The van der Waals surface area contributed by atoms with Crippen molar-refractivity contribution < 1.29 is 46.3 Å². The van der Waals surface area contributed by atoms with E-state index in [0.29, 0.717) is 10.8 Å². The Morgan fingerprint density at radius 3 is 1.66 bits per heavy atom. The number of ether oxygens (including phenoxy) is 2. The molecule has 0 saturated carbocycles. The van der Waals surface area contributed by atoms with Crippen LogP contribution < -0.4 is 24.8 Å². The number of aliphatic imine (C=N–C) groups is 1. The van der Waals surface area contributed by atoms with Gasteiger partial charge in [0, 0.05) is 37.3 Å². The van der Waals surface area contributed by atoms with Gasteiger partial charge in [0.2, 0.25) is 5.95 Å². The molecule has 0 radical (unpaired) electrons. The average molecular weight is 1040 g/mol. The van der Waals surface area contributed by atoms with Gasteiger partial charge in [-0.3, -0.25) is 28.4 Å². The Morgan fingerprint density at radius 1 is 0.689 bits per heavy atom. The summed E-state index contributed by atoms with van der Waals surface area (Å²) in [4.78, 5) is 57.5. The van der Waals surface area contributed by atoms with Crippen LogP contribution in [0.25, 0.3) is 32.7 Å². The molecule has 2 heterocycles. The maximum atomic E-state index is 15.2. The second kappa shape index (κ2) is 24.5. The molecular weight excluding hydrogens is 987 g/mol. The largest absolute Gasteiger partial charge is 0.460 e. The molecule has 0 amide bonds. The lowest BCUT2D eigenvalue weighted by atomic mass is 10.1. The van der Waals surface area contributed by atoms with Crippen LogP contribution >= 0.6 is 15.5 Å². The summed E-state index contributed by atoms with van der Waals surface area (Å²) in [5.74, 6) is -1.82. The van der Waals surface area contributed by atoms with E-state index in [1.165, 1.54) is 26.5 Å². The molecular formula is C53H56N8O11P2. The van der Waals surface area contributed by atoms with Crippen molar-refractivity contribution in [1.29, 1.82) is 0 Å². The normalized spacial score (nSPS) is 14.5. The van der Waals surface area contributed by atoms with E-state index in [4.69, 9.17) is 27.6 Å². The van der Waals surface area contributed by atoms with Gasteiger partial charge in [0.25, 0.3) is 5.56 Å². The molecule has 2 unspecified atom stereocenters. The van der Waals surface area contributed by atoms with Gasteiger partial charge in [-0.2, -0.15) is 15.2 Å². The fourth-order valence-corrected chi connectivity index (χ4v) is 10.7. The highest BCUT2D eigenvalue weighted by atomic mass is 31.2. The number of aryl methyl sites for hydroxylation is 1. The van der Waals surface area contributed by atoms with Gasteiger partial charge in [0.15, 0.2) is 11.2 Å². The van der Waals surface area contributed by atoms with E-state index in [1.807, 2.05) is 109 Å². The van der Waals surface area contributed by atoms with E-state index in [9.17, 15) is 14.4 Å². The van der Waals surface area contributed by atoms with Crippen molar-refractivity contribution in [3.8, 4) is 11.5 Å². The number of H-pyrrole nitrogens is 1. The molecule has 0 aliphatic carbocycles. The molecule has 21 heteroatoms. The van der Waals surface area contributed by atoms with E-state index in [-0.39, 0.29) is 54.8 Å². The quantitative estimate of drug-likeness (QED) is 0.0210. The SMILES string of the molecule is C[C@H](NP(=O)(OCC(CCn1cnc2c(=O)[nH]c(N=CN(C)C)nc21)COP(=O)(N[C@@H](C)C(=O)OCc1ccccc1)Oc1cccc2ccccc12)Oc1cccc2ccccc12)C(=O)OCc1ccccc1. The highest BCUT2D eigenvalue weighted by Crippen LogP contribution is 2.49. The van der Waals surface area contributed by atoms with Crippen LogP contribution in [-0.2, 0) is 57.0 Å². The number of hydrogen-bond acceptors (Lipinski definition) is 14. The highest BCUT2D eigenvalue weighted by Gasteiger charge is 2.37. The van der Waals surface area contributed by atoms with Crippen molar-refractivity contribution in [3.05, 3.63) is 173 Å². The lowest BCUT2D eigenvalue weighted by Crippen LogP contribution is -2.36. The Balaban J connectivity index is 1.10. The van der Waals surface area contributed by atoms with Crippen LogP contribution in [0.4, 0.5) is 5.95 Å². The molecule has 8 rings (SSSR count). The van der Waals surface area contributed by atoms with E-state index in [0.717, 1.165) is 21.9 Å². The van der Waals surface area contributed by atoms with E-state index < -0.39 is 64.2 Å². The lowest BCUT2D eigenvalue weighted by molar-refractivity contribution is -0.147. The van der Waals surface area contributed by atoms with Crippen LogP contribution in [0.15, 0.2) is 162 Å². The summed E-state index contributed by atoms with van der Waals surface area (Å²) in [7, 11) is -5.56. The average Bonchev–Trinajstić information content (AvgIpc) is 3.82. The predicted octanol–water partition coefficient (Wildman–Crippen LogP) is 9.50. The maximum Gasteiger partial charge on any atom is 0.459 e. The maximum absolute atomic E-state index is 15.2. The molecule has 19 nitrogen and oxygen atoms in total. The monoisotopic (exact) mass is 1040 g/mol. The zero-order chi connectivity index (χ0) is 52.1. The summed E-state index contributed by atoms with van der Waals surface area (Å²) in [6.07, 6.45) is 3.06. The molecule has 0 aliphatic rings. The number of nitrogens with one attached hydrogen (secondary N) is 3. The van der Waals surface area contributed by atoms with Crippen LogP contribution in [0.1, 0.15) is 31.4 Å². The number of esters is 2. The Morgan fingerprint density at radius 2 is 1.16 bits per heavy atom. The number of aromatic nitrogens is 4. The van der Waals surface area contributed by atoms with Crippen molar-refractivity contribution >= 4 is 72.4 Å². The number of fused-ring (bicyclic) bond motifs is 3. The molecule has 0 spiro atoms. The molecule has 4 atom stereocenters. The van der Waals surface area contributed by atoms with Crippen molar-refractivity contribution in [2.45, 2.75) is 52.1 Å². The molecule has 6 aromatic carbocycles. The van der Waals surface area contributed by atoms with Crippen LogP contribution in [-0.4, -0.2) is 82.1 Å². The second-order valence-corrected chi connectivity index (χ2v) is 20.9. The number of nitrogens with zero attached hydrogens (tertiary/aromatic N) is 5. The number of carbonyl (C=O) groups excluding carboxylic acids is 2. The van der Waals surface area contributed by atoms with Crippen LogP contribution in [0.3, 0.4) is 0 Å². The first-order chi connectivity index (χ1) is 35.7. The minimum Gasteiger partial charge on any atom is -0.460 e. The number of benzene rings is 6. The molecule has 74 heavy (non-hydrogen) atoms. The van der Waals surface area contributed by atoms with Crippen molar-refractivity contribution in [2.24, 2.45) is 10.9 Å². The fraction of sp³-hybridized carbons (Fsp3) is 0.245. The topological polar surface area (TPSA) is 227 Å². The van der Waals surface area contributed by atoms with Gasteiger partial charge in [-0.15, -0.1) is 0 Å². The summed E-state index contributed by atoms with van der Waals surface area (Å²) >= 11 is 0. The summed E-state index contributed by atoms with van der Waals surface area (Å²) in [5.41, 5.74) is 1.28. The number of imidazole rings is 1. The van der Waals surface area contributed by atoms with Crippen LogP contribution in [0.2, 0.25) is 0 Å². The summed E-state index contributed by atoms with van der Waals surface area (Å²) < 4.78 is 68.4. The van der Waals surface area contributed by atoms with Crippen LogP contribution in [0.5, 0.6) is 11.5 Å². The van der Waals surface area contributed by atoms with E-state index in [2.05, 4.69) is 30.1 Å². The van der Waals surface area contributed by atoms with Gasteiger partial charge >= 0.3 is 27.4 Å². The minimum atomic E-state index is -4.55. The Labute approximate surface area is 427 Å². The standard InChI is InChI=1S/C53H56N8O11P2/c1-37(51(63)67-31-39-17-7-5-8-18-39)58-73(65,71-46-27-15-23-42-21-11-13-25-44(42)46)69-33-41(29-30-61-36-54-48-49(61)56-53(57-50(48)62)55-35-60(3)4)34-70-74(66,72-47-28-16-24-43-22-12-14-26-45(43)47)59-38(2)52(64)68-32-40-19-9-6-10-20-40/h5-28,35-38,41H,29-34H2,1-4H3,(H,58,65)(H,59,66)(H,56,57,62)/t37-,38-,41?,73?,74?/m0/s1. The highest BCUT2D eigenvalue weighted by molar-refractivity contribution is 7.52. The smallest absolute Gasteiger partial charge is 0.459 e. The zero-order valence-electron chi connectivity index (χ0n) is 41.1. The van der Waals surface area contributed by atoms with E-state index in [1.54, 1.807) is 60.0 Å². The molecule has 3 N–H and O–H groups in total. The molecule has 0 saturated heterocycles. The first kappa shape index (κ1) is 52.8. The van der Waals surface area contributed by atoms with Crippen molar-refractivity contribution in [2.75, 3.05) is 27.3 Å². The van der Waals surface area contributed by atoms with Gasteiger partial charge in [-0.25, -0.2) is 19.1 Å². The number of rotatable bonds is 25. The first-order valence-electron chi connectivity index (χ1n) is 23.7. The van der Waals surface area contributed by atoms with E-state index >= 15 is 9.13 Å². The lowest BCUT2D eigenvalue weighted by Gasteiger charge is -2.27. The fourth-order valence-electron chi connectivity index (χ4n) is 7.56. The molecule has 0 bridgehead atoms. The Hall–Kier alpha value is -7.50. The van der Waals surface area contributed by atoms with Gasteiger partial charge in [-0.05, 0) is 54.3 Å². The van der Waals surface area contributed by atoms with Gasteiger partial charge in [-0.1, -0.05) is 133 Å². The Bertz CT molecular complexity index is 3220. The third-order valence-electron chi connectivity index (χ3n) is 11.4. The summed E-state index contributed by atoms with van der Waals surface area (Å²) in [6, 6.07) is 40.9. The molecule has 8 aromatic rings. The summed E-state index contributed by atoms with van der Waals surface area (Å²) in [6.45, 7) is 2.20. The molecule has 384 valence electrons. The predicted molar refractivity (Wildman–Crippen MR) is 282 cm³/mol. The number of carbonyl (C=O) groups is 2. The summed E-state index contributed by atoms with van der Waals surface area (Å²) in [5, 5.41) is 8.39. The van der Waals surface area contributed by atoms with Crippen molar-refractivity contribution in [1.82, 2.24) is 34.6 Å². The molecule has 2 aromatic heterocycles. The number of hydrogen-bond donors (Lipinski definition) is 3. The Kier molecular flexibility index (Phi) is 17.5. The van der Waals surface area contributed by atoms with Gasteiger partial charge in [0.05, 0.1) is 25.9 Å². The second-order valence-electron chi connectivity index (χ2n) is 17.5. The number of aromatic amines is 1. The van der Waals surface area contributed by atoms with Gasteiger partial charge < -0.3 is 28.0 Å². The molecule has 0 aliphatic heterocycles. The third-order valence-corrected chi connectivity index (χ3v) is 14.7. The first-order valence-corrected chi connectivity index (χ1v) is 26.8. The molecule has 0 fully saturated rings.